The normalized spacial score (nSPS) is 11.0. The molecular formula is C18H19ClN2O5S. The summed E-state index contributed by atoms with van der Waals surface area (Å²) in [5.41, 5.74) is 1.23. The van der Waals surface area contributed by atoms with Crippen LogP contribution in [0.1, 0.15) is 15.9 Å². The third-order valence-electron chi connectivity index (χ3n) is 3.80. The van der Waals surface area contributed by atoms with Gasteiger partial charge in [-0.15, -0.1) is 0 Å². The molecule has 0 aliphatic carbocycles. The Kier molecular flexibility index (Phi) is 6.45. The van der Waals surface area contributed by atoms with Crippen LogP contribution in [0.4, 0.5) is 11.4 Å². The maximum atomic E-state index is 12.5. The van der Waals surface area contributed by atoms with Gasteiger partial charge in [-0.1, -0.05) is 29.8 Å². The van der Waals surface area contributed by atoms with E-state index in [2.05, 4.69) is 10.1 Å². The molecule has 0 unspecified atom stereocenters. The van der Waals surface area contributed by atoms with Crippen molar-refractivity contribution in [3.05, 3.63) is 58.6 Å². The van der Waals surface area contributed by atoms with E-state index in [-0.39, 0.29) is 11.3 Å². The van der Waals surface area contributed by atoms with Crippen molar-refractivity contribution in [3.63, 3.8) is 0 Å². The van der Waals surface area contributed by atoms with Crippen LogP contribution in [-0.4, -0.2) is 40.2 Å². The Morgan fingerprint density at radius 1 is 1.15 bits per heavy atom. The molecule has 0 radical (unpaired) electrons. The van der Waals surface area contributed by atoms with E-state index in [4.69, 9.17) is 11.6 Å². The number of amides is 1. The molecule has 0 saturated carbocycles. The molecule has 0 saturated heterocycles. The smallest absolute Gasteiger partial charge is 0.339 e. The van der Waals surface area contributed by atoms with Crippen molar-refractivity contribution in [2.45, 2.75) is 6.92 Å². The fourth-order valence-corrected chi connectivity index (χ4v) is 3.52. The van der Waals surface area contributed by atoms with Crippen molar-refractivity contribution in [3.8, 4) is 0 Å². The highest BCUT2D eigenvalue weighted by molar-refractivity contribution is 7.92. The van der Waals surface area contributed by atoms with Gasteiger partial charge in [0.15, 0.2) is 0 Å². The van der Waals surface area contributed by atoms with E-state index in [1.165, 1.54) is 19.2 Å². The van der Waals surface area contributed by atoms with Crippen molar-refractivity contribution < 1.29 is 22.7 Å². The number of benzene rings is 2. The van der Waals surface area contributed by atoms with Crippen molar-refractivity contribution in [2.24, 2.45) is 0 Å². The van der Waals surface area contributed by atoms with Crippen molar-refractivity contribution >= 4 is 44.9 Å². The van der Waals surface area contributed by atoms with Crippen LogP contribution in [-0.2, 0) is 19.6 Å². The Labute approximate surface area is 162 Å². The second-order valence-corrected chi connectivity index (χ2v) is 8.05. The van der Waals surface area contributed by atoms with Crippen LogP contribution in [0.25, 0.3) is 0 Å². The Hall–Kier alpha value is -2.58. The van der Waals surface area contributed by atoms with Gasteiger partial charge in [-0.2, -0.15) is 0 Å². The molecule has 0 heterocycles. The molecule has 0 aromatic heterocycles. The third-order valence-corrected chi connectivity index (χ3v) is 5.34. The van der Waals surface area contributed by atoms with Crippen molar-refractivity contribution in [2.75, 3.05) is 29.5 Å². The van der Waals surface area contributed by atoms with Gasteiger partial charge in [0.2, 0.25) is 15.9 Å². The average Bonchev–Trinajstić information content (AvgIpc) is 2.61. The molecule has 7 nitrogen and oxygen atoms in total. The van der Waals surface area contributed by atoms with Gasteiger partial charge in [-0.3, -0.25) is 9.10 Å². The maximum Gasteiger partial charge on any atom is 0.339 e. The number of anilines is 2. The standard InChI is InChI=1S/C18H19ClN2O5S/c1-12-14(19)8-6-10-16(12)21(27(3,24)25)11-17(22)20-15-9-5-4-7-13(15)18(23)26-2/h4-10H,11H2,1-3H3,(H,20,22). The lowest BCUT2D eigenvalue weighted by molar-refractivity contribution is -0.114. The zero-order valence-corrected chi connectivity index (χ0v) is 16.6. The summed E-state index contributed by atoms with van der Waals surface area (Å²) >= 11 is 6.07. The fraction of sp³-hybridized carbons (Fsp3) is 0.222. The number of carbonyl (C=O) groups excluding carboxylic acids is 2. The van der Waals surface area contributed by atoms with E-state index in [1.54, 1.807) is 37.3 Å². The number of nitrogens with zero attached hydrogens (tertiary/aromatic N) is 1. The predicted molar refractivity (Wildman–Crippen MR) is 105 cm³/mol. The first-order valence-electron chi connectivity index (χ1n) is 7.85. The first kappa shape index (κ1) is 20.7. The molecule has 0 spiro atoms. The summed E-state index contributed by atoms with van der Waals surface area (Å²) in [5, 5.41) is 2.94. The van der Waals surface area contributed by atoms with Gasteiger partial charge in [0.05, 0.1) is 30.3 Å². The maximum absolute atomic E-state index is 12.5. The molecular weight excluding hydrogens is 392 g/mol. The second kappa shape index (κ2) is 8.41. The molecule has 9 heteroatoms. The number of rotatable bonds is 6. The summed E-state index contributed by atoms with van der Waals surface area (Å²) in [7, 11) is -2.52. The molecule has 0 aliphatic heterocycles. The van der Waals surface area contributed by atoms with Gasteiger partial charge in [-0.05, 0) is 36.8 Å². The fourth-order valence-electron chi connectivity index (χ4n) is 2.45. The number of sulfonamides is 1. The van der Waals surface area contributed by atoms with Crippen LogP contribution in [0, 0.1) is 6.92 Å². The zero-order chi connectivity index (χ0) is 20.2. The van der Waals surface area contributed by atoms with Gasteiger partial charge in [0, 0.05) is 5.02 Å². The number of para-hydroxylation sites is 1. The third kappa shape index (κ3) is 4.99. The number of esters is 1. The Bertz CT molecular complexity index is 975. The highest BCUT2D eigenvalue weighted by Gasteiger charge is 2.24. The topological polar surface area (TPSA) is 92.8 Å². The first-order chi connectivity index (χ1) is 12.6. The largest absolute Gasteiger partial charge is 0.465 e. The van der Waals surface area contributed by atoms with Gasteiger partial charge in [0.25, 0.3) is 0 Å². The molecule has 0 fully saturated rings. The molecule has 2 aromatic carbocycles. The van der Waals surface area contributed by atoms with E-state index < -0.39 is 28.4 Å². The average molecular weight is 411 g/mol. The molecule has 0 atom stereocenters. The van der Waals surface area contributed by atoms with Crippen LogP contribution in [0.2, 0.25) is 5.02 Å². The molecule has 27 heavy (non-hydrogen) atoms. The van der Waals surface area contributed by atoms with E-state index >= 15 is 0 Å². The summed E-state index contributed by atoms with van der Waals surface area (Å²) < 4.78 is 30.1. The predicted octanol–water partition coefficient (Wildman–Crippen LogP) is 2.84. The van der Waals surface area contributed by atoms with Crippen LogP contribution < -0.4 is 9.62 Å². The number of carbonyl (C=O) groups is 2. The lowest BCUT2D eigenvalue weighted by Crippen LogP contribution is -2.38. The van der Waals surface area contributed by atoms with Gasteiger partial charge >= 0.3 is 5.97 Å². The van der Waals surface area contributed by atoms with Crippen LogP contribution >= 0.6 is 11.6 Å². The monoisotopic (exact) mass is 410 g/mol. The summed E-state index contributed by atoms with van der Waals surface area (Å²) in [6.45, 7) is 1.19. The highest BCUT2D eigenvalue weighted by atomic mass is 35.5. The number of hydrogen-bond acceptors (Lipinski definition) is 5. The lowest BCUT2D eigenvalue weighted by Gasteiger charge is -2.24. The van der Waals surface area contributed by atoms with E-state index in [0.717, 1.165) is 10.6 Å². The van der Waals surface area contributed by atoms with Crippen molar-refractivity contribution in [1.29, 1.82) is 0 Å². The van der Waals surface area contributed by atoms with Gasteiger partial charge in [-0.25, -0.2) is 13.2 Å². The minimum absolute atomic E-state index is 0.165. The summed E-state index contributed by atoms with van der Waals surface area (Å²) in [6.07, 6.45) is 1.00. The summed E-state index contributed by atoms with van der Waals surface area (Å²) in [4.78, 5) is 24.3. The van der Waals surface area contributed by atoms with Crippen molar-refractivity contribution in [1.82, 2.24) is 0 Å². The van der Waals surface area contributed by atoms with Gasteiger partial charge in [0.1, 0.15) is 6.54 Å². The summed E-state index contributed by atoms with van der Waals surface area (Å²) in [6, 6.07) is 11.1. The molecule has 1 N–H and O–H groups in total. The second-order valence-electron chi connectivity index (χ2n) is 5.74. The van der Waals surface area contributed by atoms with E-state index in [0.29, 0.717) is 16.3 Å². The lowest BCUT2D eigenvalue weighted by atomic mass is 10.1. The first-order valence-corrected chi connectivity index (χ1v) is 10.1. The zero-order valence-electron chi connectivity index (χ0n) is 15.0. The molecule has 144 valence electrons. The van der Waals surface area contributed by atoms with Crippen LogP contribution in [0.5, 0.6) is 0 Å². The van der Waals surface area contributed by atoms with Crippen LogP contribution in [0.3, 0.4) is 0 Å². The minimum Gasteiger partial charge on any atom is -0.465 e. The molecule has 0 aliphatic rings. The molecule has 1 amide bonds. The van der Waals surface area contributed by atoms with Gasteiger partial charge < -0.3 is 10.1 Å². The number of ether oxygens (including phenoxy) is 1. The number of nitrogens with one attached hydrogen (secondary N) is 1. The molecule has 0 bridgehead atoms. The number of methoxy groups -OCH3 is 1. The Morgan fingerprint density at radius 3 is 2.44 bits per heavy atom. The van der Waals surface area contributed by atoms with E-state index in [1.807, 2.05) is 0 Å². The quantitative estimate of drug-likeness (QED) is 0.739. The Balaban J connectivity index is 2.31. The number of halogens is 1. The highest BCUT2D eigenvalue weighted by Crippen LogP contribution is 2.28. The Morgan fingerprint density at radius 2 is 1.81 bits per heavy atom. The minimum atomic E-state index is -3.75. The molecule has 2 rings (SSSR count). The van der Waals surface area contributed by atoms with E-state index in [9.17, 15) is 18.0 Å². The van der Waals surface area contributed by atoms with Crippen LogP contribution in [0.15, 0.2) is 42.5 Å². The summed E-state index contributed by atoms with van der Waals surface area (Å²) in [5.74, 6) is -1.23. The molecule has 2 aromatic rings. The SMILES string of the molecule is COC(=O)c1ccccc1NC(=O)CN(c1cccc(Cl)c1C)S(C)(=O)=O. The number of hydrogen-bond donors (Lipinski definition) is 1.